The summed E-state index contributed by atoms with van der Waals surface area (Å²) in [6.07, 6.45) is 0.892. The number of methoxy groups -OCH3 is 1. The van der Waals surface area contributed by atoms with E-state index in [2.05, 4.69) is 49.2 Å². The van der Waals surface area contributed by atoms with Crippen LogP contribution in [0.1, 0.15) is 36.1 Å². The molecule has 1 heterocycles. The number of amides is 2. The van der Waals surface area contributed by atoms with E-state index in [1.54, 1.807) is 7.11 Å². The highest BCUT2D eigenvalue weighted by molar-refractivity contribution is 5.75. The molecule has 5 heteroatoms. The fraction of sp³-hybridized carbons (Fsp3) is 0.632. The first-order chi connectivity index (χ1) is 11.5. The number of carbonyl (C=O) groups is 1. The second-order valence-corrected chi connectivity index (χ2v) is 6.59. The molecular formula is C19H31N3O2. The Morgan fingerprint density at radius 2 is 1.96 bits per heavy atom. The number of carbonyl (C=O) groups excluding carboxylic acids is 1. The highest BCUT2D eigenvalue weighted by atomic mass is 16.5. The lowest BCUT2D eigenvalue weighted by atomic mass is 9.97. The number of benzene rings is 1. The van der Waals surface area contributed by atoms with Gasteiger partial charge in [-0.3, -0.25) is 4.90 Å². The van der Waals surface area contributed by atoms with Crippen LogP contribution in [0.5, 0.6) is 0 Å². The summed E-state index contributed by atoms with van der Waals surface area (Å²) >= 11 is 0. The molecule has 1 saturated heterocycles. The largest absolute Gasteiger partial charge is 0.383 e. The average molecular weight is 333 g/mol. The fourth-order valence-corrected chi connectivity index (χ4v) is 3.25. The van der Waals surface area contributed by atoms with Crippen LogP contribution in [0.4, 0.5) is 4.79 Å². The van der Waals surface area contributed by atoms with E-state index < -0.39 is 0 Å². The second kappa shape index (κ2) is 9.04. The smallest absolute Gasteiger partial charge is 0.317 e. The van der Waals surface area contributed by atoms with E-state index >= 15 is 0 Å². The average Bonchev–Trinajstić information content (AvgIpc) is 2.58. The van der Waals surface area contributed by atoms with Gasteiger partial charge in [0.2, 0.25) is 0 Å². The van der Waals surface area contributed by atoms with Crippen LogP contribution < -0.4 is 5.32 Å². The van der Waals surface area contributed by atoms with Gasteiger partial charge in [-0.15, -0.1) is 0 Å². The Balaban J connectivity index is 1.91. The molecule has 1 N–H and O–H groups in total. The van der Waals surface area contributed by atoms with Gasteiger partial charge in [-0.05, 0) is 31.4 Å². The molecule has 0 bridgehead atoms. The van der Waals surface area contributed by atoms with Crippen molar-refractivity contribution >= 4 is 6.03 Å². The summed E-state index contributed by atoms with van der Waals surface area (Å²) in [5, 5.41) is 3.21. The topological polar surface area (TPSA) is 44.8 Å². The van der Waals surface area contributed by atoms with Crippen molar-refractivity contribution < 1.29 is 9.53 Å². The van der Waals surface area contributed by atoms with Crippen molar-refractivity contribution in [3.05, 3.63) is 34.9 Å². The van der Waals surface area contributed by atoms with Crippen molar-refractivity contribution in [1.29, 1.82) is 0 Å². The summed E-state index contributed by atoms with van der Waals surface area (Å²) in [6.45, 7) is 11.4. The Bertz CT molecular complexity index is 539. The third kappa shape index (κ3) is 4.95. The van der Waals surface area contributed by atoms with Crippen LogP contribution in [0.25, 0.3) is 0 Å². The van der Waals surface area contributed by atoms with Crippen LogP contribution in [0, 0.1) is 13.8 Å². The highest BCUT2D eigenvalue weighted by Gasteiger charge is 2.23. The quantitative estimate of drug-likeness (QED) is 0.870. The van der Waals surface area contributed by atoms with Crippen LogP contribution >= 0.6 is 0 Å². The van der Waals surface area contributed by atoms with Gasteiger partial charge in [-0.2, -0.15) is 0 Å². The van der Waals surface area contributed by atoms with Gasteiger partial charge in [-0.25, -0.2) is 4.79 Å². The zero-order valence-electron chi connectivity index (χ0n) is 15.5. The molecule has 134 valence electrons. The molecule has 0 radical (unpaired) electrons. The number of rotatable bonds is 6. The van der Waals surface area contributed by atoms with Gasteiger partial charge < -0.3 is 15.0 Å². The Kier molecular flexibility index (Phi) is 7.06. The van der Waals surface area contributed by atoms with Crippen molar-refractivity contribution in [2.24, 2.45) is 0 Å². The summed E-state index contributed by atoms with van der Waals surface area (Å²) in [6, 6.07) is 6.56. The zero-order chi connectivity index (χ0) is 17.5. The molecule has 5 nitrogen and oxygen atoms in total. The van der Waals surface area contributed by atoms with Crippen molar-refractivity contribution in [3.63, 3.8) is 0 Å². The summed E-state index contributed by atoms with van der Waals surface area (Å²) < 4.78 is 5.12. The first-order valence-corrected chi connectivity index (χ1v) is 8.89. The van der Waals surface area contributed by atoms with Crippen molar-refractivity contribution in [3.8, 4) is 0 Å². The maximum Gasteiger partial charge on any atom is 0.317 e. The number of aryl methyl sites for hydroxylation is 2. The van der Waals surface area contributed by atoms with E-state index in [1.807, 2.05) is 4.90 Å². The normalized spacial score (nSPS) is 16.9. The summed E-state index contributed by atoms with van der Waals surface area (Å²) in [5.41, 5.74) is 3.71. The third-order valence-corrected chi connectivity index (χ3v) is 4.78. The first kappa shape index (κ1) is 18.7. The molecule has 0 unspecified atom stereocenters. The number of urea groups is 1. The molecule has 1 atom stereocenters. The standard InChI is InChI=1S/C19H31N3O2/c1-5-18(17-7-6-15(2)14-16(17)3)20-19(23)22-10-8-21(9-11-22)12-13-24-4/h6-7,14,18H,5,8-13H2,1-4H3,(H,20,23)/t18-/m0/s1. The predicted octanol–water partition coefficient (Wildman–Crippen LogP) is 2.73. The Morgan fingerprint density at radius 1 is 1.25 bits per heavy atom. The van der Waals surface area contributed by atoms with Gasteiger partial charge >= 0.3 is 6.03 Å². The van der Waals surface area contributed by atoms with Gasteiger partial charge in [0.1, 0.15) is 0 Å². The maximum absolute atomic E-state index is 12.6. The summed E-state index contributed by atoms with van der Waals surface area (Å²) in [5.74, 6) is 0. The molecule has 1 aliphatic heterocycles. The van der Waals surface area contributed by atoms with E-state index in [9.17, 15) is 4.79 Å². The molecule has 24 heavy (non-hydrogen) atoms. The van der Waals surface area contributed by atoms with Crippen molar-refractivity contribution in [2.75, 3.05) is 46.4 Å². The lowest BCUT2D eigenvalue weighted by Gasteiger charge is -2.35. The van der Waals surface area contributed by atoms with Crippen LogP contribution in [-0.2, 0) is 4.74 Å². The fourth-order valence-electron chi connectivity index (χ4n) is 3.25. The second-order valence-electron chi connectivity index (χ2n) is 6.59. The van der Waals surface area contributed by atoms with E-state index in [1.165, 1.54) is 16.7 Å². The lowest BCUT2D eigenvalue weighted by Crippen LogP contribution is -2.52. The van der Waals surface area contributed by atoms with Gasteiger partial charge in [0, 0.05) is 39.8 Å². The molecular weight excluding hydrogens is 302 g/mol. The zero-order valence-corrected chi connectivity index (χ0v) is 15.5. The van der Waals surface area contributed by atoms with Crippen molar-refractivity contribution in [2.45, 2.75) is 33.2 Å². The number of hydrogen-bond donors (Lipinski definition) is 1. The molecule has 2 amide bonds. The van der Waals surface area contributed by atoms with Gasteiger partial charge in [0.05, 0.1) is 12.6 Å². The summed E-state index contributed by atoms with van der Waals surface area (Å²) in [4.78, 5) is 16.9. The minimum absolute atomic E-state index is 0.0493. The predicted molar refractivity (Wildman–Crippen MR) is 97.4 cm³/mol. The SMILES string of the molecule is CC[C@H](NC(=O)N1CCN(CCOC)CC1)c1ccc(C)cc1C. The Hall–Kier alpha value is -1.59. The molecule has 1 aromatic rings. The van der Waals surface area contributed by atoms with E-state index in [0.29, 0.717) is 0 Å². The monoisotopic (exact) mass is 333 g/mol. The Labute approximate surface area is 146 Å². The number of nitrogens with one attached hydrogen (secondary N) is 1. The van der Waals surface area contributed by atoms with Crippen LogP contribution in [0.2, 0.25) is 0 Å². The van der Waals surface area contributed by atoms with Crippen LogP contribution in [0.15, 0.2) is 18.2 Å². The molecule has 0 spiro atoms. The minimum atomic E-state index is 0.0493. The van der Waals surface area contributed by atoms with Crippen LogP contribution in [-0.4, -0.2) is 62.3 Å². The van der Waals surface area contributed by atoms with Gasteiger partial charge in [-0.1, -0.05) is 30.7 Å². The molecule has 1 aliphatic rings. The minimum Gasteiger partial charge on any atom is -0.383 e. The Morgan fingerprint density at radius 3 is 2.54 bits per heavy atom. The van der Waals surface area contributed by atoms with E-state index in [0.717, 1.165) is 45.8 Å². The first-order valence-electron chi connectivity index (χ1n) is 8.89. The van der Waals surface area contributed by atoms with Crippen molar-refractivity contribution in [1.82, 2.24) is 15.1 Å². The molecule has 0 aromatic heterocycles. The number of ether oxygens (including phenoxy) is 1. The van der Waals surface area contributed by atoms with Crippen LogP contribution in [0.3, 0.4) is 0 Å². The molecule has 1 fully saturated rings. The van der Waals surface area contributed by atoms with Gasteiger partial charge in [0.25, 0.3) is 0 Å². The highest BCUT2D eigenvalue weighted by Crippen LogP contribution is 2.22. The molecule has 2 rings (SSSR count). The molecule has 0 saturated carbocycles. The third-order valence-electron chi connectivity index (χ3n) is 4.78. The van der Waals surface area contributed by atoms with E-state index in [4.69, 9.17) is 4.74 Å². The van der Waals surface area contributed by atoms with E-state index in [-0.39, 0.29) is 12.1 Å². The number of piperazine rings is 1. The number of hydrogen-bond acceptors (Lipinski definition) is 3. The molecule has 1 aromatic carbocycles. The summed E-state index contributed by atoms with van der Waals surface area (Å²) in [7, 11) is 1.72. The lowest BCUT2D eigenvalue weighted by molar-refractivity contribution is 0.105. The number of nitrogens with zero attached hydrogens (tertiary/aromatic N) is 2. The maximum atomic E-state index is 12.6. The van der Waals surface area contributed by atoms with Gasteiger partial charge in [0.15, 0.2) is 0 Å². The molecule has 0 aliphatic carbocycles.